The molecule has 1 N–H and O–H groups in total. The second kappa shape index (κ2) is 12.0. The SMILES string of the molecule is CN(C)Cc1ccc(CSCCN/C(S)=C/[N+](=O)[O-])o1.[KH]. The molecule has 0 saturated heterocycles. The molecule has 0 bridgehead atoms. The fourth-order valence-electron chi connectivity index (χ4n) is 1.47. The molecular formula is C12H20KN3O3S2. The van der Waals surface area contributed by atoms with E-state index in [0.717, 1.165) is 35.8 Å². The van der Waals surface area contributed by atoms with Gasteiger partial charge in [-0.2, -0.15) is 11.8 Å². The maximum absolute atomic E-state index is 10.2. The third-order valence-electron chi connectivity index (χ3n) is 2.21. The Hall–Kier alpha value is 0.516. The number of hydrogen-bond donors (Lipinski definition) is 2. The summed E-state index contributed by atoms with van der Waals surface area (Å²) in [6.45, 7) is 1.42. The van der Waals surface area contributed by atoms with Crippen LogP contribution in [0.25, 0.3) is 0 Å². The Morgan fingerprint density at radius 1 is 1.52 bits per heavy atom. The fraction of sp³-hybridized carbons (Fsp3) is 0.500. The van der Waals surface area contributed by atoms with E-state index in [0.29, 0.717) is 6.54 Å². The van der Waals surface area contributed by atoms with Crippen molar-refractivity contribution in [2.24, 2.45) is 0 Å². The second-order valence-electron chi connectivity index (χ2n) is 4.38. The third kappa shape index (κ3) is 10.8. The van der Waals surface area contributed by atoms with E-state index in [2.05, 4.69) is 22.8 Å². The molecule has 1 heterocycles. The molecule has 1 aromatic rings. The number of rotatable bonds is 9. The number of hydrogen-bond acceptors (Lipinski definition) is 7. The van der Waals surface area contributed by atoms with Crippen molar-refractivity contribution >= 4 is 75.8 Å². The van der Waals surface area contributed by atoms with Crippen molar-refractivity contribution in [3.63, 3.8) is 0 Å². The van der Waals surface area contributed by atoms with Crippen LogP contribution in [0.4, 0.5) is 0 Å². The number of nitrogens with zero attached hydrogens (tertiary/aromatic N) is 2. The van der Waals surface area contributed by atoms with Gasteiger partial charge in [-0.25, -0.2) is 0 Å². The zero-order valence-corrected chi connectivity index (χ0v) is 13.2. The summed E-state index contributed by atoms with van der Waals surface area (Å²) in [5.74, 6) is 3.50. The maximum atomic E-state index is 10.2. The predicted octanol–water partition coefficient (Wildman–Crippen LogP) is 1.52. The van der Waals surface area contributed by atoms with Crippen molar-refractivity contribution in [1.82, 2.24) is 10.2 Å². The normalized spacial score (nSPS) is 11.3. The number of nitro groups is 1. The number of thioether (sulfide) groups is 1. The van der Waals surface area contributed by atoms with Crippen LogP contribution in [0.15, 0.2) is 27.8 Å². The van der Waals surface area contributed by atoms with Gasteiger partial charge in [-0.15, -0.1) is 12.6 Å². The van der Waals surface area contributed by atoms with E-state index >= 15 is 0 Å². The van der Waals surface area contributed by atoms with Gasteiger partial charge in [0.2, 0.25) is 0 Å². The van der Waals surface area contributed by atoms with Crippen LogP contribution < -0.4 is 5.32 Å². The molecule has 114 valence electrons. The Morgan fingerprint density at radius 3 is 2.81 bits per heavy atom. The van der Waals surface area contributed by atoms with E-state index in [-0.39, 0.29) is 56.4 Å². The number of nitrogens with one attached hydrogen (secondary N) is 1. The zero-order valence-electron chi connectivity index (χ0n) is 11.5. The summed E-state index contributed by atoms with van der Waals surface area (Å²) in [4.78, 5) is 11.7. The molecule has 0 unspecified atom stereocenters. The van der Waals surface area contributed by atoms with E-state index in [1.807, 2.05) is 26.2 Å². The topological polar surface area (TPSA) is 71.5 Å². The van der Waals surface area contributed by atoms with Gasteiger partial charge in [0.1, 0.15) is 16.5 Å². The van der Waals surface area contributed by atoms with Crippen LogP contribution in [0.1, 0.15) is 11.5 Å². The van der Waals surface area contributed by atoms with Gasteiger partial charge >= 0.3 is 51.4 Å². The molecule has 0 amide bonds. The molecule has 0 spiro atoms. The monoisotopic (exact) mass is 357 g/mol. The van der Waals surface area contributed by atoms with Gasteiger partial charge in [0.25, 0.3) is 6.20 Å². The molecule has 1 rings (SSSR count). The minimum atomic E-state index is -0.530. The Morgan fingerprint density at radius 2 is 2.19 bits per heavy atom. The van der Waals surface area contributed by atoms with Crippen molar-refractivity contribution in [2.45, 2.75) is 12.3 Å². The molecule has 0 saturated carbocycles. The third-order valence-corrected chi connectivity index (χ3v) is 3.47. The van der Waals surface area contributed by atoms with E-state index in [1.54, 1.807) is 11.8 Å². The first-order valence-electron chi connectivity index (χ1n) is 6.05. The summed E-state index contributed by atoms with van der Waals surface area (Å²) in [5.41, 5.74) is 0. The fourth-order valence-corrected chi connectivity index (χ4v) is 2.42. The number of thiol groups is 1. The van der Waals surface area contributed by atoms with Crippen molar-refractivity contribution in [3.05, 3.63) is 45.0 Å². The van der Waals surface area contributed by atoms with Gasteiger partial charge < -0.3 is 14.6 Å². The first kappa shape index (κ1) is 21.5. The van der Waals surface area contributed by atoms with Crippen molar-refractivity contribution in [2.75, 3.05) is 26.4 Å². The van der Waals surface area contributed by atoms with Crippen LogP contribution in [0, 0.1) is 10.1 Å². The van der Waals surface area contributed by atoms with Gasteiger partial charge in [0.05, 0.1) is 17.2 Å². The predicted molar refractivity (Wildman–Crippen MR) is 91.5 cm³/mol. The Bertz CT molecular complexity index is 466. The molecular weight excluding hydrogens is 337 g/mol. The first-order chi connectivity index (χ1) is 9.47. The van der Waals surface area contributed by atoms with E-state index < -0.39 is 4.92 Å². The summed E-state index contributed by atoms with van der Waals surface area (Å²) >= 11 is 5.65. The van der Waals surface area contributed by atoms with Crippen LogP contribution in [0.3, 0.4) is 0 Å². The molecule has 6 nitrogen and oxygen atoms in total. The molecule has 0 aliphatic carbocycles. The molecule has 21 heavy (non-hydrogen) atoms. The summed E-state index contributed by atoms with van der Waals surface area (Å²) in [6.07, 6.45) is 0.841. The molecule has 9 heteroatoms. The van der Waals surface area contributed by atoms with Crippen LogP contribution in [-0.4, -0.2) is 87.6 Å². The van der Waals surface area contributed by atoms with E-state index in [1.165, 1.54) is 0 Å². The quantitative estimate of drug-likeness (QED) is 0.230. The average molecular weight is 358 g/mol. The van der Waals surface area contributed by atoms with Gasteiger partial charge in [-0.1, -0.05) is 0 Å². The summed E-state index contributed by atoms with van der Waals surface area (Å²) in [5, 5.41) is 13.3. The molecule has 0 aliphatic rings. The van der Waals surface area contributed by atoms with Gasteiger partial charge in [-0.05, 0) is 26.2 Å². The standard InChI is InChI=1S/C12H19N3O3S2.K.H/c1-14(2)7-10-3-4-11(18-10)9-20-6-5-13-12(19)8-15(16)17;;/h3-4,8,13,19H,5-7,9H2,1-2H3;;/b12-8-;;. The molecule has 0 aromatic carbocycles. The average Bonchev–Trinajstić information content (AvgIpc) is 2.74. The Kier molecular flexibility index (Phi) is 12.3. The Labute approximate surface area is 177 Å². The van der Waals surface area contributed by atoms with Gasteiger partial charge in [0.15, 0.2) is 0 Å². The van der Waals surface area contributed by atoms with Crippen LogP contribution >= 0.6 is 24.4 Å². The molecule has 0 fully saturated rings. The minimum absolute atomic E-state index is 0. The van der Waals surface area contributed by atoms with Gasteiger partial charge in [-0.3, -0.25) is 10.1 Å². The van der Waals surface area contributed by atoms with E-state index in [9.17, 15) is 10.1 Å². The molecule has 0 radical (unpaired) electrons. The van der Waals surface area contributed by atoms with Crippen LogP contribution in [-0.2, 0) is 12.3 Å². The van der Waals surface area contributed by atoms with E-state index in [4.69, 9.17) is 4.42 Å². The summed E-state index contributed by atoms with van der Waals surface area (Å²) in [7, 11) is 3.99. The Balaban J connectivity index is 0.00000400. The second-order valence-corrected chi connectivity index (χ2v) is 5.97. The van der Waals surface area contributed by atoms with Crippen LogP contribution in [0.2, 0.25) is 0 Å². The molecule has 1 aromatic heterocycles. The molecule has 0 atom stereocenters. The van der Waals surface area contributed by atoms with Crippen molar-refractivity contribution < 1.29 is 9.34 Å². The zero-order chi connectivity index (χ0) is 15.0. The summed E-state index contributed by atoms with van der Waals surface area (Å²) in [6, 6.07) is 3.97. The first-order valence-corrected chi connectivity index (χ1v) is 7.66. The molecule has 0 aliphatic heterocycles. The number of furan rings is 1. The van der Waals surface area contributed by atoms with Gasteiger partial charge in [0, 0.05) is 12.3 Å². The van der Waals surface area contributed by atoms with Crippen LogP contribution in [0.5, 0.6) is 0 Å². The van der Waals surface area contributed by atoms with Crippen molar-refractivity contribution in [1.29, 1.82) is 0 Å². The van der Waals surface area contributed by atoms with Crippen molar-refractivity contribution in [3.8, 4) is 0 Å². The summed E-state index contributed by atoms with van der Waals surface area (Å²) < 4.78 is 5.68.